The summed E-state index contributed by atoms with van der Waals surface area (Å²) in [6, 6.07) is 35.3. The molecule has 0 saturated carbocycles. The number of benzene rings is 4. The van der Waals surface area contributed by atoms with E-state index in [1.54, 1.807) is 29.6 Å². The molecule has 49 heavy (non-hydrogen) atoms. The molecular weight excluding hydrogens is 645 g/mol. The Labute approximate surface area is 294 Å². The molecule has 0 N–H and O–H groups in total. The van der Waals surface area contributed by atoms with E-state index in [1.807, 2.05) is 74.0 Å². The topological polar surface area (TPSA) is 52.6 Å². The molecule has 0 bridgehead atoms. The largest absolute Gasteiger partial charge is 0.443 e. The Bertz CT molecular complexity index is 2290. The Morgan fingerprint density at radius 3 is 1.76 bits per heavy atom. The van der Waals surface area contributed by atoms with Crippen molar-refractivity contribution in [3.05, 3.63) is 164 Å². The highest BCUT2D eigenvalue weighted by Gasteiger charge is 2.51. The predicted octanol–water partition coefficient (Wildman–Crippen LogP) is 10.7. The smallest absolute Gasteiger partial charge is 0.334 e. The summed E-state index contributed by atoms with van der Waals surface area (Å²) in [5.41, 5.74) is 8.01. The first-order valence-electron chi connectivity index (χ1n) is 16.2. The van der Waals surface area contributed by atoms with E-state index in [-0.39, 0.29) is 5.97 Å². The van der Waals surface area contributed by atoms with E-state index in [0.717, 1.165) is 66.1 Å². The predicted molar refractivity (Wildman–Crippen MR) is 198 cm³/mol. The summed E-state index contributed by atoms with van der Waals surface area (Å²) >= 11 is 3.15. The number of carbonyl (C=O) groups excluding carboxylic acids is 2. The second-order valence-electron chi connectivity index (χ2n) is 13.8. The van der Waals surface area contributed by atoms with E-state index in [0.29, 0.717) is 5.57 Å². The molecule has 0 aliphatic heterocycles. The molecule has 6 heteroatoms. The van der Waals surface area contributed by atoms with E-state index in [1.165, 1.54) is 0 Å². The SMILES string of the molecule is C=C(C)C(=O)OC1(c2ccsc2)c2ccccc2-c2ccc(-c3ccc4c(c3)C(OC(=O)C(C)(C)C)(c3cccs3)c3ccccc3-4)cc21. The lowest BCUT2D eigenvalue weighted by molar-refractivity contribution is -0.162. The number of fused-ring (bicyclic) bond motifs is 6. The summed E-state index contributed by atoms with van der Waals surface area (Å²) in [5, 5.41) is 6.09. The normalized spacial score (nSPS) is 18.6. The van der Waals surface area contributed by atoms with Gasteiger partial charge in [0.2, 0.25) is 0 Å². The Balaban J connectivity index is 1.35. The van der Waals surface area contributed by atoms with Crippen LogP contribution in [0.5, 0.6) is 0 Å². The monoisotopic (exact) mass is 678 g/mol. The zero-order valence-electron chi connectivity index (χ0n) is 27.7. The van der Waals surface area contributed by atoms with E-state index in [9.17, 15) is 9.59 Å². The molecule has 2 heterocycles. The molecule has 2 atom stereocenters. The van der Waals surface area contributed by atoms with Crippen LogP contribution in [0.25, 0.3) is 33.4 Å². The highest BCUT2D eigenvalue weighted by Crippen LogP contribution is 2.57. The maximum Gasteiger partial charge on any atom is 0.334 e. The van der Waals surface area contributed by atoms with Gasteiger partial charge in [0.05, 0.1) is 10.3 Å². The van der Waals surface area contributed by atoms with E-state index in [2.05, 4.69) is 72.6 Å². The molecule has 4 aromatic carbocycles. The molecule has 6 aromatic rings. The molecule has 2 aromatic heterocycles. The van der Waals surface area contributed by atoms with Crippen molar-refractivity contribution < 1.29 is 19.1 Å². The third kappa shape index (κ3) is 4.62. The quantitative estimate of drug-likeness (QED) is 0.130. The molecule has 0 fully saturated rings. The fourth-order valence-corrected chi connectivity index (χ4v) is 8.79. The Morgan fingerprint density at radius 2 is 1.22 bits per heavy atom. The minimum absolute atomic E-state index is 0.274. The summed E-state index contributed by atoms with van der Waals surface area (Å²) in [6.07, 6.45) is 0. The number of hydrogen-bond acceptors (Lipinski definition) is 6. The average molecular weight is 679 g/mol. The number of esters is 2. The van der Waals surface area contributed by atoms with E-state index >= 15 is 0 Å². The fraction of sp³-hybridized carbons (Fsp3) is 0.163. The van der Waals surface area contributed by atoms with Crippen molar-refractivity contribution in [1.82, 2.24) is 0 Å². The van der Waals surface area contributed by atoms with Gasteiger partial charge < -0.3 is 9.47 Å². The Morgan fingerprint density at radius 1 is 0.653 bits per heavy atom. The summed E-state index contributed by atoms with van der Waals surface area (Å²) in [7, 11) is 0. The Kier molecular flexibility index (Phi) is 7.18. The molecule has 2 aliphatic rings. The molecule has 0 spiro atoms. The van der Waals surface area contributed by atoms with Gasteiger partial charge in [0.15, 0.2) is 11.2 Å². The first-order chi connectivity index (χ1) is 23.6. The number of hydrogen-bond donors (Lipinski definition) is 0. The lowest BCUT2D eigenvalue weighted by atomic mass is 9.83. The van der Waals surface area contributed by atoms with E-state index < -0.39 is 22.6 Å². The third-order valence-electron chi connectivity index (χ3n) is 9.57. The summed E-state index contributed by atoms with van der Waals surface area (Å²) in [5.74, 6) is -0.722. The highest BCUT2D eigenvalue weighted by atomic mass is 32.1. The van der Waals surface area contributed by atoms with Gasteiger partial charge in [-0.05, 0) is 101 Å². The lowest BCUT2D eigenvalue weighted by Crippen LogP contribution is -2.37. The van der Waals surface area contributed by atoms with Crippen LogP contribution in [-0.2, 0) is 30.3 Å². The van der Waals surface area contributed by atoms with Crippen LogP contribution < -0.4 is 0 Å². The first-order valence-corrected chi connectivity index (χ1v) is 18.1. The summed E-state index contributed by atoms with van der Waals surface area (Å²) < 4.78 is 13.3. The number of thiophene rings is 2. The Hall–Kier alpha value is -5.04. The summed E-state index contributed by atoms with van der Waals surface area (Å²) in [4.78, 5) is 28.1. The first kappa shape index (κ1) is 31.2. The number of ether oxygens (including phenoxy) is 2. The lowest BCUT2D eigenvalue weighted by Gasteiger charge is -2.34. The second kappa shape index (κ2) is 11.3. The van der Waals surface area contributed by atoms with Gasteiger partial charge in [-0.15, -0.1) is 11.3 Å². The van der Waals surface area contributed by atoms with Gasteiger partial charge in [0.1, 0.15) is 0 Å². The van der Waals surface area contributed by atoms with Crippen molar-refractivity contribution in [1.29, 1.82) is 0 Å². The van der Waals surface area contributed by atoms with Crippen LogP contribution in [0.2, 0.25) is 0 Å². The van der Waals surface area contributed by atoms with Crippen LogP contribution in [0, 0.1) is 5.41 Å². The van der Waals surface area contributed by atoms with Crippen LogP contribution in [0.4, 0.5) is 0 Å². The van der Waals surface area contributed by atoms with Gasteiger partial charge in [0.25, 0.3) is 0 Å². The third-order valence-corrected chi connectivity index (χ3v) is 11.2. The van der Waals surface area contributed by atoms with Crippen LogP contribution in [-0.4, -0.2) is 11.9 Å². The molecule has 2 aliphatic carbocycles. The van der Waals surface area contributed by atoms with Crippen molar-refractivity contribution >= 4 is 34.6 Å². The highest BCUT2D eigenvalue weighted by molar-refractivity contribution is 7.10. The van der Waals surface area contributed by atoms with Gasteiger partial charge in [-0.25, -0.2) is 4.79 Å². The second-order valence-corrected chi connectivity index (χ2v) is 15.5. The minimum Gasteiger partial charge on any atom is -0.443 e. The minimum atomic E-state index is -1.14. The van der Waals surface area contributed by atoms with Gasteiger partial charge in [-0.2, -0.15) is 11.3 Å². The van der Waals surface area contributed by atoms with Gasteiger partial charge in [0, 0.05) is 33.4 Å². The molecule has 0 saturated heterocycles. The van der Waals surface area contributed by atoms with Gasteiger partial charge >= 0.3 is 11.9 Å². The number of rotatable bonds is 6. The van der Waals surface area contributed by atoms with Crippen molar-refractivity contribution in [2.75, 3.05) is 0 Å². The van der Waals surface area contributed by atoms with Crippen LogP contribution in [0.1, 0.15) is 60.4 Å². The molecule has 8 rings (SSSR count). The van der Waals surface area contributed by atoms with Gasteiger partial charge in [-0.1, -0.05) is 85.4 Å². The van der Waals surface area contributed by atoms with Crippen LogP contribution in [0.15, 0.2) is 131 Å². The molecular formula is C43H34O4S2. The maximum absolute atomic E-state index is 13.8. The zero-order valence-corrected chi connectivity index (χ0v) is 29.3. The number of carbonyl (C=O) groups is 2. The fourth-order valence-electron chi connectivity index (χ4n) is 7.21. The average Bonchev–Trinajstić information content (AvgIpc) is 3.91. The van der Waals surface area contributed by atoms with Crippen LogP contribution >= 0.6 is 22.7 Å². The molecule has 0 radical (unpaired) electrons. The molecule has 4 nitrogen and oxygen atoms in total. The maximum atomic E-state index is 13.8. The molecule has 242 valence electrons. The van der Waals surface area contributed by atoms with Crippen LogP contribution in [0.3, 0.4) is 0 Å². The zero-order chi connectivity index (χ0) is 34.1. The van der Waals surface area contributed by atoms with Crippen molar-refractivity contribution in [3.8, 4) is 33.4 Å². The molecule has 2 unspecified atom stereocenters. The summed E-state index contributed by atoms with van der Waals surface area (Å²) in [6.45, 7) is 11.2. The standard InChI is InChI=1S/C43H34O4S2/c1-26(2)39(44)46-42(29-20-22-48-25-29)34-13-8-6-11-30(34)32-18-16-27(23-36(32)42)28-17-19-33-31-12-7-9-14-35(31)43(37(33)24-28,38-15-10-21-49-38)47-40(45)41(3,4)5/h6-25H,1H2,2-5H3. The van der Waals surface area contributed by atoms with Gasteiger partial charge in [-0.3, -0.25) is 4.79 Å². The van der Waals surface area contributed by atoms with Crippen molar-refractivity contribution in [2.24, 2.45) is 5.41 Å². The van der Waals surface area contributed by atoms with E-state index in [4.69, 9.17) is 9.47 Å². The van der Waals surface area contributed by atoms with Crippen molar-refractivity contribution in [3.63, 3.8) is 0 Å². The molecule has 0 amide bonds. The van der Waals surface area contributed by atoms with Crippen molar-refractivity contribution in [2.45, 2.75) is 38.9 Å².